The van der Waals surface area contributed by atoms with Gasteiger partial charge in [0.15, 0.2) is 5.79 Å². The average Bonchev–Trinajstić information content (AvgIpc) is 3.55. The highest BCUT2D eigenvalue weighted by Crippen LogP contribution is 2.34. The van der Waals surface area contributed by atoms with Crippen molar-refractivity contribution in [2.75, 3.05) is 5.75 Å². The van der Waals surface area contributed by atoms with E-state index in [4.69, 9.17) is 13.9 Å². The molecule has 1 aliphatic rings. The minimum Gasteiger partial charge on any atom is -0.468 e. The number of amides is 1. The van der Waals surface area contributed by atoms with Crippen molar-refractivity contribution < 1.29 is 18.7 Å². The van der Waals surface area contributed by atoms with E-state index in [0.717, 1.165) is 42.9 Å². The van der Waals surface area contributed by atoms with Gasteiger partial charge in [0.05, 0.1) is 24.2 Å². The lowest BCUT2D eigenvalue weighted by Crippen LogP contribution is -2.49. The van der Waals surface area contributed by atoms with Crippen molar-refractivity contribution in [1.29, 1.82) is 0 Å². The van der Waals surface area contributed by atoms with E-state index in [1.54, 1.807) is 18.0 Å². The second-order valence-electron chi connectivity index (χ2n) is 12.2. The van der Waals surface area contributed by atoms with Gasteiger partial charge in [-0.3, -0.25) is 4.79 Å². The summed E-state index contributed by atoms with van der Waals surface area (Å²) in [6.45, 7) is 8.51. The number of hydrogen-bond acceptors (Lipinski definition) is 5. The fraction of sp³-hybridized carbons (Fsp3) is 0.853. The summed E-state index contributed by atoms with van der Waals surface area (Å²) in [7, 11) is 0. The number of thioether (sulfide) groups is 1. The molecule has 6 heteroatoms. The fourth-order valence-electron chi connectivity index (χ4n) is 5.68. The number of nitrogens with one attached hydrogen (secondary N) is 1. The molecular weight excluding hydrogens is 518 g/mol. The number of rotatable bonds is 25. The first-order chi connectivity index (χ1) is 19.4. The maximum absolute atomic E-state index is 12.9. The summed E-state index contributed by atoms with van der Waals surface area (Å²) >= 11 is 1.79. The minimum atomic E-state index is -0.624. The van der Waals surface area contributed by atoms with E-state index in [2.05, 4.69) is 19.2 Å². The summed E-state index contributed by atoms with van der Waals surface area (Å²) in [5, 5.41) is 3.35. The van der Waals surface area contributed by atoms with Crippen LogP contribution in [0.1, 0.15) is 155 Å². The van der Waals surface area contributed by atoms with Gasteiger partial charge < -0.3 is 19.2 Å². The molecule has 3 atom stereocenters. The van der Waals surface area contributed by atoms with Crippen molar-refractivity contribution in [3.05, 3.63) is 24.2 Å². The SMILES string of the molecule is CCCCCCCCCCCCCC[C@H]1OC(C)(C)O[C@H]1[C@H](CSCc1ccco1)NC(=O)CCCCCCC. The van der Waals surface area contributed by atoms with Gasteiger partial charge in [0, 0.05) is 12.2 Å². The zero-order valence-corrected chi connectivity index (χ0v) is 27.2. The van der Waals surface area contributed by atoms with Crippen molar-refractivity contribution in [1.82, 2.24) is 5.32 Å². The van der Waals surface area contributed by atoms with Crippen molar-refractivity contribution >= 4 is 17.7 Å². The van der Waals surface area contributed by atoms with Crippen LogP contribution in [0.2, 0.25) is 0 Å². The molecule has 1 aliphatic heterocycles. The highest BCUT2D eigenvalue weighted by Gasteiger charge is 2.45. The molecule has 0 saturated carbocycles. The summed E-state index contributed by atoms with van der Waals surface area (Å²) in [6, 6.07) is 3.85. The Morgan fingerprint density at radius 3 is 2.00 bits per heavy atom. The quantitative estimate of drug-likeness (QED) is 0.117. The molecule has 40 heavy (non-hydrogen) atoms. The van der Waals surface area contributed by atoms with Gasteiger partial charge in [-0.1, -0.05) is 117 Å². The number of hydrogen-bond donors (Lipinski definition) is 1. The zero-order valence-electron chi connectivity index (χ0n) is 26.4. The van der Waals surface area contributed by atoms with Crippen LogP contribution in [0.25, 0.3) is 0 Å². The summed E-state index contributed by atoms with van der Waals surface area (Å²) in [5.74, 6) is 2.04. The molecule has 0 aromatic carbocycles. The molecule has 1 aromatic rings. The van der Waals surface area contributed by atoms with Gasteiger partial charge in [0.2, 0.25) is 5.91 Å². The Balaban J connectivity index is 1.78. The minimum absolute atomic E-state index is 0.0113. The molecule has 5 nitrogen and oxygen atoms in total. The number of unbranched alkanes of at least 4 members (excludes halogenated alkanes) is 15. The summed E-state index contributed by atoms with van der Waals surface area (Å²) in [6.07, 6.45) is 25.1. The predicted molar refractivity (Wildman–Crippen MR) is 170 cm³/mol. The van der Waals surface area contributed by atoms with Crippen LogP contribution in [-0.4, -0.2) is 35.7 Å². The van der Waals surface area contributed by atoms with Crippen molar-refractivity contribution in [3.63, 3.8) is 0 Å². The Bertz CT molecular complexity index is 738. The van der Waals surface area contributed by atoms with Crippen LogP contribution in [0, 0.1) is 0 Å². The maximum Gasteiger partial charge on any atom is 0.220 e. The highest BCUT2D eigenvalue weighted by atomic mass is 32.2. The molecule has 0 aliphatic carbocycles. The number of carbonyl (C=O) groups is 1. The largest absolute Gasteiger partial charge is 0.468 e. The van der Waals surface area contributed by atoms with E-state index in [-0.39, 0.29) is 24.2 Å². The van der Waals surface area contributed by atoms with Crippen molar-refractivity contribution in [2.45, 2.75) is 179 Å². The molecule has 0 bridgehead atoms. The molecule has 0 spiro atoms. The van der Waals surface area contributed by atoms with E-state index >= 15 is 0 Å². The Morgan fingerprint density at radius 1 is 0.850 bits per heavy atom. The molecule has 0 radical (unpaired) electrons. The fourth-order valence-corrected chi connectivity index (χ4v) is 6.69. The number of carbonyl (C=O) groups excluding carboxylic acids is 1. The molecule has 0 unspecified atom stereocenters. The second-order valence-corrected chi connectivity index (χ2v) is 13.3. The van der Waals surface area contributed by atoms with Crippen LogP contribution < -0.4 is 5.32 Å². The van der Waals surface area contributed by atoms with Gasteiger partial charge in [-0.05, 0) is 38.8 Å². The Labute approximate surface area is 250 Å². The third kappa shape index (κ3) is 15.9. The van der Waals surface area contributed by atoms with E-state index in [0.29, 0.717) is 6.42 Å². The van der Waals surface area contributed by atoms with Gasteiger partial charge in [-0.25, -0.2) is 0 Å². The van der Waals surface area contributed by atoms with Crippen LogP contribution in [0.5, 0.6) is 0 Å². The molecule has 1 N–H and O–H groups in total. The van der Waals surface area contributed by atoms with E-state index in [1.165, 1.54) is 89.9 Å². The van der Waals surface area contributed by atoms with Crippen LogP contribution in [0.15, 0.2) is 22.8 Å². The van der Waals surface area contributed by atoms with Gasteiger partial charge in [0.25, 0.3) is 0 Å². The van der Waals surface area contributed by atoms with Gasteiger partial charge >= 0.3 is 0 Å². The first kappa shape index (κ1) is 35.2. The lowest BCUT2D eigenvalue weighted by atomic mass is 9.99. The Hall–Kier alpha value is -0.980. The Kier molecular flexibility index (Phi) is 19.1. The molecule has 2 rings (SSSR count). The first-order valence-corrected chi connectivity index (χ1v) is 17.9. The lowest BCUT2D eigenvalue weighted by Gasteiger charge is -2.27. The van der Waals surface area contributed by atoms with Gasteiger partial charge in [0.1, 0.15) is 11.9 Å². The predicted octanol–water partition coefficient (Wildman–Crippen LogP) is 9.97. The van der Waals surface area contributed by atoms with Crippen molar-refractivity contribution in [2.24, 2.45) is 0 Å². The van der Waals surface area contributed by atoms with Gasteiger partial charge in [-0.2, -0.15) is 11.8 Å². The average molecular weight is 580 g/mol. The molecule has 2 heterocycles. The first-order valence-electron chi connectivity index (χ1n) is 16.7. The normalized spacial score (nSPS) is 19.2. The number of ether oxygens (including phenoxy) is 2. The summed E-state index contributed by atoms with van der Waals surface area (Å²) < 4.78 is 18.4. The third-order valence-electron chi connectivity index (χ3n) is 7.94. The molecule has 232 valence electrons. The Morgan fingerprint density at radius 2 is 1.43 bits per heavy atom. The van der Waals surface area contributed by atoms with E-state index in [1.807, 2.05) is 26.0 Å². The lowest BCUT2D eigenvalue weighted by molar-refractivity contribution is -0.149. The van der Waals surface area contributed by atoms with E-state index < -0.39 is 5.79 Å². The van der Waals surface area contributed by atoms with Gasteiger partial charge in [-0.15, -0.1) is 0 Å². The monoisotopic (exact) mass is 579 g/mol. The molecule has 1 fully saturated rings. The molecule has 1 aromatic heterocycles. The standard InChI is InChI=1S/C34H61NO4S/c1-5-7-9-11-12-13-14-15-16-17-19-20-24-31-33(39-34(3,4)38-31)30(28-40-27-29-23-22-26-37-29)35-32(36)25-21-18-10-8-6-2/h22-23,26,30-31,33H,5-21,24-25,27-28H2,1-4H3,(H,35,36)/t30-,31+,33-/m0/s1. The van der Waals surface area contributed by atoms with Crippen molar-refractivity contribution in [3.8, 4) is 0 Å². The third-order valence-corrected chi connectivity index (χ3v) is 9.02. The second kappa shape index (κ2) is 21.7. The summed E-state index contributed by atoms with van der Waals surface area (Å²) in [4.78, 5) is 12.9. The summed E-state index contributed by atoms with van der Waals surface area (Å²) in [5.41, 5.74) is 0. The number of furan rings is 1. The topological polar surface area (TPSA) is 60.7 Å². The van der Waals surface area contributed by atoms with E-state index in [9.17, 15) is 4.79 Å². The highest BCUT2D eigenvalue weighted by molar-refractivity contribution is 7.98. The van der Waals surface area contributed by atoms with Crippen LogP contribution in [0.4, 0.5) is 0 Å². The maximum atomic E-state index is 12.9. The molecule has 1 saturated heterocycles. The zero-order chi connectivity index (χ0) is 28.9. The molecule has 1 amide bonds. The smallest absolute Gasteiger partial charge is 0.220 e. The van der Waals surface area contributed by atoms with Crippen LogP contribution in [-0.2, 0) is 20.0 Å². The molecular formula is C34H61NO4S. The van der Waals surface area contributed by atoms with Crippen LogP contribution >= 0.6 is 11.8 Å². The van der Waals surface area contributed by atoms with Crippen LogP contribution in [0.3, 0.4) is 0 Å².